The summed E-state index contributed by atoms with van der Waals surface area (Å²) >= 11 is 0. The van der Waals surface area contributed by atoms with Gasteiger partial charge in [-0.15, -0.1) is 0 Å². The predicted molar refractivity (Wildman–Crippen MR) is 116 cm³/mol. The smallest absolute Gasteiger partial charge is 0.206 e. The van der Waals surface area contributed by atoms with Crippen LogP contribution >= 0.6 is 0 Å². The van der Waals surface area contributed by atoms with Crippen molar-refractivity contribution in [2.45, 2.75) is 35.1 Å². The number of piperidine rings is 1. The molecule has 1 N–H and O–H groups in total. The van der Waals surface area contributed by atoms with Crippen LogP contribution in [-0.4, -0.2) is 33.6 Å². The lowest BCUT2D eigenvalue weighted by molar-refractivity contribution is 0.332. The number of benzene rings is 2. The topological polar surface area (TPSA) is 54.3 Å². The lowest BCUT2D eigenvalue weighted by atomic mass is 9.95. The van der Waals surface area contributed by atoms with Crippen LogP contribution in [0.2, 0.25) is 0 Å². The summed E-state index contributed by atoms with van der Waals surface area (Å²) in [7, 11) is 2.36. The first-order chi connectivity index (χ1) is 13.9. The minimum Gasteiger partial charge on any atom is -0.378 e. The van der Waals surface area contributed by atoms with Crippen molar-refractivity contribution in [2.75, 3.05) is 25.5 Å². The van der Waals surface area contributed by atoms with E-state index in [4.69, 9.17) is 0 Å². The third-order valence-corrected chi connectivity index (χ3v) is 8.39. The van der Waals surface area contributed by atoms with Crippen molar-refractivity contribution >= 4 is 26.4 Å². The van der Waals surface area contributed by atoms with Gasteiger partial charge in [0.1, 0.15) is 0 Å². The highest BCUT2D eigenvalue weighted by molar-refractivity contribution is 7.91. The lowest BCUT2D eigenvalue weighted by Crippen LogP contribution is -2.30. The molecular formula is C23H27N3O2S. The average molecular weight is 410 g/mol. The quantitative estimate of drug-likeness (QED) is 0.717. The normalized spacial score (nSPS) is 21.2. The molecule has 1 aromatic heterocycles. The molecule has 3 aromatic rings. The summed E-state index contributed by atoms with van der Waals surface area (Å²) in [6, 6.07) is 13.1. The summed E-state index contributed by atoms with van der Waals surface area (Å²) < 4.78 is 29.1. The number of aryl methyl sites for hydroxylation is 1. The van der Waals surface area contributed by atoms with Gasteiger partial charge >= 0.3 is 0 Å². The molecule has 2 aliphatic heterocycles. The Labute approximate surface area is 172 Å². The molecule has 2 atom stereocenters. The molecule has 1 aliphatic carbocycles. The first kappa shape index (κ1) is 18.7. The molecule has 2 unspecified atom stereocenters. The molecule has 2 aromatic carbocycles. The van der Waals surface area contributed by atoms with E-state index >= 15 is 0 Å². The average Bonchev–Trinajstić information content (AvgIpc) is 2.87. The maximum absolute atomic E-state index is 13.4. The van der Waals surface area contributed by atoms with Crippen LogP contribution in [0.4, 0.5) is 5.69 Å². The highest BCUT2D eigenvalue weighted by Crippen LogP contribution is 2.41. The van der Waals surface area contributed by atoms with Crippen molar-refractivity contribution in [3.8, 4) is 0 Å². The number of aromatic nitrogens is 1. The van der Waals surface area contributed by atoms with E-state index in [0.29, 0.717) is 21.8 Å². The van der Waals surface area contributed by atoms with Crippen LogP contribution in [0.25, 0.3) is 10.9 Å². The molecule has 3 aliphatic rings. The Bertz CT molecular complexity index is 1200. The molecule has 29 heavy (non-hydrogen) atoms. The van der Waals surface area contributed by atoms with Crippen LogP contribution in [-0.2, 0) is 23.3 Å². The highest BCUT2D eigenvalue weighted by atomic mass is 32.2. The van der Waals surface area contributed by atoms with E-state index in [-0.39, 0.29) is 0 Å². The van der Waals surface area contributed by atoms with Gasteiger partial charge in [0.2, 0.25) is 9.84 Å². The van der Waals surface area contributed by atoms with Crippen LogP contribution in [0.15, 0.2) is 52.3 Å². The number of rotatable bonds is 3. The van der Waals surface area contributed by atoms with E-state index in [1.54, 1.807) is 24.3 Å². The summed E-state index contributed by atoms with van der Waals surface area (Å²) in [5.41, 5.74) is 4.66. The maximum atomic E-state index is 13.4. The number of fused-ring (bicyclic) bond motifs is 3. The Morgan fingerprint density at radius 1 is 1.07 bits per heavy atom. The van der Waals surface area contributed by atoms with Crippen molar-refractivity contribution in [3.63, 3.8) is 0 Å². The lowest BCUT2D eigenvalue weighted by Gasteiger charge is -2.25. The van der Waals surface area contributed by atoms with Crippen molar-refractivity contribution in [1.82, 2.24) is 9.88 Å². The first-order valence-corrected chi connectivity index (χ1v) is 11.7. The van der Waals surface area contributed by atoms with Gasteiger partial charge in [0.15, 0.2) is 0 Å². The predicted octanol–water partition coefficient (Wildman–Crippen LogP) is 3.67. The molecule has 0 saturated carbocycles. The summed E-state index contributed by atoms with van der Waals surface area (Å²) in [6.07, 6.45) is 3.43. The van der Waals surface area contributed by atoms with Crippen molar-refractivity contribution in [2.24, 2.45) is 13.0 Å². The molecule has 2 bridgehead atoms. The van der Waals surface area contributed by atoms with Crippen molar-refractivity contribution in [3.05, 3.63) is 53.7 Å². The molecule has 0 spiro atoms. The van der Waals surface area contributed by atoms with Crippen LogP contribution in [0, 0.1) is 5.92 Å². The summed E-state index contributed by atoms with van der Waals surface area (Å²) in [4.78, 5) is 2.62. The highest BCUT2D eigenvalue weighted by Gasteiger charge is 2.33. The van der Waals surface area contributed by atoms with E-state index in [9.17, 15) is 8.42 Å². The van der Waals surface area contributed by atoms with Crippen molar-refractivity contribution < 1.29 is 8.42 Å². The summed E-state index contributed by atoms with van der Waals surface area (Å²) in [5.74, 6) is 0.674. The molecular weight excluding hydrogens is 382 g/mol. The number of hydrogen-bond donors (Lipinski definition) is 1. The molecule has 1 saturated heterocycles. The minimum absolute atomic E-state index is 0.322. The number of nitrogens with one attached hydrogen (secondary N) is 1. The summed E-state index contributed by atoms with van der Waals surface area (Å²) in [5, 5.41) is 4.76. The minimum atomic E-state index is -3.58. The standard InChI is InChI=1S/C23H27N3O2S/c1-25(2)16-5-4-6-17(12-16)29(27,28)18-8-10-21-19(13-18)23-20-9-7-15(14-24-20)11-22(23)26(21)3/h4-6,8,10,12-13,15,20,24H,7,9,11,14H2,1-3H3. The van der Waals surface area contributed by atoms with Gasteiger partial charge in [-0.2, -0.15) is 0 Å². The molecule has 6 heteroatoms. The Balaban J connectivity index is 1.67. The Kier molecular flexibility index (Phi) is 4.26. The summed E-state index contributed by atoms with van der Waals surface area (Å²) in [6.45, 7) is 1.05. The van der Waals surface area contributed by atoms with Gasteiger partial charge < -0.3 is 14.8 Å². The fourth-order valence-corrected chi connectivity index (χ4v) is 6.31. The Morgan fingerprint density at radius 3 is 2.59 bits per heavy atom. The molecule has 0 amide bonds. The van der Waals surface area contributed by atoms with Gasteiger partial charge in [-0.05, 0) is 73.7 Å². The van der Waals surface area contributed by atoms with Gasteiger partial charge in [-0.1, -0.05) is 6.07 Å². The van der Waals surface area contributed by atoms with Gasteiger partial charge in [0.25, 0.3) is 0 Å². The number of hydrogen-bond acceptors (Lipinski definition) is 4. The van der Waals surface area contributed by atoms with Crippen LogP contribution in [0.5, 0.6) is 0 Å². The van der Waals surface area contributed by atoms with Gasteiger partial charge in [0.05, 0.1) is 9.79 Å². The molecule has 1 fully saturated rings. The zero-order valence-corrected chi connectivity index (χ0v) is 18.0. The van der Waals surface area contributed by atoms with Crippen LogP contribution in [0.1, 0.15) is 30.1 Å². The SMILES string of the molecule is CN(C)c1cccc(S(=O)(=O)c2ccc3c(c2)c2c(n3C)CC3CCC2NC3)c1. The molecule has 3 heterocycles. The van der Waals surface area contributed by atoms with Crippen molar-refractivity contribution in [1.29, 1.82) is 0 Å². The van der Waals surface area contributed by atoms with Gasteiger partial charge in [0, 0.05) is 49.5 Å². The van der Waals surface area contributed by atoms with Gasteiger partial charge in [-0.3, -0.25) is 0 Å². The van der Waals surface area contributed by atoms with E-state index < -0.39 is 9.84 Å². The second-order valence-corrected chi connectivity index (χ2v) is 10.6. The Hall–Kier alpha value is -2.31. The van der Waals surface area contributed by atoms with Crippen LogP contribution < -0.4 is 10.2 Å². The fourth-order valence-electron chi connectivity index (χ4n) is 4.98. The van der Waals surface area contributed by atoms with E-state index in [1.807, 2.05) is 37.2 Å². The second-order valence-electron chi connectivity index (χ2n) is 8.60. The molecule has 0 radical (unpaired) electrons. The maximum Gasteiger partial charge on any atom is 0.206 e. The zero-order valence-electron chi connectivity index (χ0n) is 17.1. The van der Waals surface area contributed by atoms with E-state index in [1.165, 1.54) is 17.7 Å². The molecule has 6 rings (SSSR count). The number of nitrogens with zero attached hydrogens (tertiary/aromatic N) is 2. The largest absolute Gasteiger partial charge is 0.378 e. The monoisotopic (exact) mass is 409 g/mol. The van der Waals surface area contributed by atoms with Gasteiger partial charge in [-0.25, -0.2) is 8.42 Å². The Morgan fingerprint density at radius 2 is 1.86 bits per heavy atom. The number of sulfone groups is 1. The zero-order chi connectivity index (χ0) is 20.3. The molecule has 152 valence electrons. The fraction of sp³-hybridized carbons (Fsp3) is 0.391. The third-order valence-electron chi connectivity index (χ3n) is 6.64. The van der Waals surface area contributed by atoms with E-state index in [0.717, 1.165) is 36.0 Å². The van der Waals surface area contributed by atoms with Crippen LogP contribution in [0.3, 0.4) is 0 Å². The number of anilines is 1. The second kappa shape index (κ2) is 6.61. The van der Waals surface area contributed by atoms with E-state index in [2.05, 4.69) is 16.9 Å². The molecule has 5 nitrogen and oxygen atoms in total. The first-order valence-electron chi connectivity index (χ1n) is 10.2. The third kappa shape index (κ3) is 2.89.